The van der Waals surface area contributed by atoms with Crippen molar-refractivity contribution < 1.29 is 13.2 Å². The van der Waals surface area contributed by atoms with Crippen LogP contribution in [0.4, 0.5) is 19.1 Å². The molecule has 1 aromatic heterocycles. The van der Waals surface area contributed by atoms with Gasteiger partial charge in [-0.15, -0.1) is 6.58 Å². The molecule has 0 aliphatic heterocycles. The van der Waals surface area contributed by atoms with Gasteiger partial charge in [0, 0.05) is 24.0 Å². The second kappa shape index (κ2) is 5.58. The minimum Gasteiger partial charge on any atom is -0.352 e. The Kier molecular flexibility index (Phi) is 4.04. The lowest BCUT2D eigenvalue weighted by Gasteiger charge is -2.16. The van der Waals surface area contributed by atoms with E-state index >= 15 is 0 Å². The summed E-state index contributed by atoms with van der Waals surface area (Å²) in [7, 11) is 0. The lowest BCUT2D eigenvalue weighted by Crippen LogP contribution is -2.13. The predicted octanol–water partition coefficient (Wildman–Crippen LogP) is 4.14. The van der Waals surface area contributed by atoms with Gasteiger partial charge in [-0.1, -0.05) is 17.7 Å². The van der Waals surface area contributed by atoms with E-state index in [-0.39, 0.29) is 10.7 Å². The molecule has 3 nitrogen and oxygen atoms in total. The molecule has 0 aliphatic rings. The molecule has 1 N–H and O–H groups in total. The molecular weight excluding hydrogens is 291 g/mol. The zero-order valence-electron chi connectivity index (χ0n) is 10.3. The van der Waals surface area contributed by atoms with Gasteiger partial charge in [0.05, 0.1) is 11.3 Å². The Morgan fingerprint density at radius 3 is 2.80 bits per heavy atom. The second-order valence-electron chi connectivity index (χ2n) is 3.95. The van der Waals surface area contributed by atoms with Crippen LogP contribution >= 0.6 is 11.6 Å². The third-order valence-electron chi connectivity index (χ3n) is 2.57. The molecular formula is C13H11ClF3N3. The quantitative estimate of drug-likeness (QED) is 0.860. The highest BCUT2D eigenvalue weighted by Crippen LogP contribution is 2.36. The van der Waals surface area contributed by atoms with Gasteiger partial charge in [0.1, 0.15) is 0 Å². The maximum absolute atomic E-state index is 13.1. The fourth-order valence-corrected chi connectivity index (χ4v) is 1.91. The average Bonchev–Trinajstić information content (AvgIpc) is 2.83. The van der Waals surface area contributed by atoms with Gasteiger partial charge < -0.3 is 5.32 Å². The number of alkyl halides is 3. The standard InChI is InChI=1S/C13H11ClF3N3/c1-2-5-18-12-19-6-7-20(12)11-4-3-9(14)8-10(11)13(15,16)17/h2-4,6-8H,1,5H2,(H,18,19). The van der Waals surface area contributed by atoms with E-state index in [1.807, 2.05) is 0 Å². The molecule has 106 valence electrons. The summed E-state index contributed by atoms with van der Waals surface area (Å²) in [4.78, 5) is 3.98. The number of nitrogens with zero attached hydrogens (tertiary/aromatic N) is 2. The Hall–Kier alpha value is -1.95. The van der Waals surface area contributed by atoms with Crippen molar-refractivity contribution in [3.63, 3.8) is 0 Å². The highest BCUT2D eigenvalue weighted by atomic mass is 35.5. The van der Waals surface area contributed by atoms with Crippen LogP contribution in [0.2, 0.25) is 5.02 Å². The first kappa shape index (κ1) is 14.5. The third-order valence-corrected chi connectivity index (χ3v) is 2.80. The predicted molar refractivity (Wildman–Crippen MR) is 72.3 cm³/mol. The van der Waals surface area contributed by atoms with Gasteiger partial charge in [0.2, 0.25) is 5.95 Å². The van der Waals surface area contributed by atoms with Crippen LogP contribution in [0.1, 0.15) is 5.56 Å². The van der Waals surface area contributed by atoms with Crippen LogP contribution in [-0.2, 0) is 6.18 Å². The van der Waals surface area contributed by atoms with Gasteiger partial charge in [-0.25, -0.2) is 4.98 Å². The molecule has 0 atom stereocenters. The Balaban J connectivity index is 2.53. The number of hydrogen-bond donors (Lipinski definition) is 1. The largest absolute Gasteiger partial charge is 0.418 e. The van der Waals surface area contributed by atoms with Crippen molar-refractivity contribution >= 4 is 17.5 Å². The first-order chi connectivity index (χ1) is 9.43. The lowest BCUT2D eigenvalue weighted by atomic mass is 10.1. The molecule has 0 saturated carbocycles. The van der Waals surface area contributed by atoms with Gasteiger partial charge in [-0.3, -0.25) is 4.57 Å². The van der Waals surface area contributed by atoms with Crippen molar-refractivity contribution in [2.75, 3.05) is 11.9 Å². The summed E-state index contributed by atoms with van der Waals surface area (Å²) in [5.74, 6) is 0.303. The van der Waals surface area contributed by atoms with E-state index in [1.165, 1.54) is 29.1 Å². The Bertz CT molecular complexity index is 620. The van der Waals surface area contributed by atoms with E-state index in [2.05, 4.69) is 16.9 Å². The Morgan fingerprint density at radius 2 is 2.15 bits per heavy atom. The molecule has 0 amide bonds. The number of aromatic nitrogens is 2. The maximum atomic E-state index is 13.1. The summed E-state index contributed by atoms with van der Waals surface area (Å²) in [6.07, 6.45) is -0.0458. The molecule has 0 bridgehead atoms. The third kappa shape index (κ3) is 2.96. The van der Waals surface area contributed by atoms with E-state index in [0.717, 1.165) is 6.07 Å². The second-order valence-corrected chi connectivity index (χ2v) is 4.39. The zero-order chi connectivity index (χ0) is 14.8. The van der Waals surface area contributed by atoms with Crippen LogP contribution < -0.4 is 5.32 Å². The van der Waals surface area contributed by atoms with Crippen LogP contribution in [0.15, 0.2) is 43.2 Å². The molecule has 0 saturated heterocycles. The van der Waals surface area contributed by atoms with Crippen molar-refractivity contribution in [2.45, 2.75) is 6.18 Å². The van der Waals surface area contributed by atoms with E-state index in [0.29, 0.717) is 12.5 Å². The number of halogens is 4. The molecule has 1 aromatic carbocycles. The minimum absolute atomic E-state index is 0.0294. The normalized spacial score (nSPS) is 11.4. The number of nitrogens with one attached hydrogen (secondary N) is 1. The van der Waals surface area contributed by atoms with Crippen LogP contribution in [0.3, 0.4) is 0 Å². The van der Waals surface area contributed by atoms with Crippen molar-refractivity contribution in [3.05, 3.63) is 53.8 Å². The van der Waals surface area contributed by atoms with Crippen LogP contribution in [0.25, 0.3) is 5.69 Å². The van der Waals surface area contributed by atoms with Gasteiger partial charge in [0.15, 0.2) is 0 Å². The smallest absolute Gasteiger partial charge is 0.352 e. The maximum Gasteiger partial charge on any atom is 0.418 e. The molecule has 1 heterocycles. The number of benzene rings is 1. The molecule has 0 aliphatic carbocycles. The highest BCUT2D eigenvalue weighted by Gasteiger charge is 2.34. The molecule has 0 radical (unpaired) electrons. The fraction of sp³-hybridized carbons (Fsp3) is 0.154. The molecule has 20 heavy (non-hydrogen) atoms. The minimum atomic E-state index is -4.50. The molecule has 0 spiro atoms. The summed E-state index contributed by atoms with van der Waals surface area (Å²) in [5, 5.41) is 2.90. The van der Waals surface area contributed by atoms with Gasteiger partial charge in [0.25, 0.3) is 0 Å². The van der Waals surface area contributed by atoms with Crippen LogP contribution in [-0.4, -0.2) is 16.1 Å². The Labute approximate surface area is 118 Å². The monoisotopic (exact) mass is 301 g/mol. The molecule has 0 unspecified atom stereocenters. The topological polar surface area (TPSA) is 29.9 Å². The van der Waals surface area contributed by atoms with E-state index in [4.69, 9.17) is 11.6 Å². The van der Waals surface area contributed by atoms with Crippen LogP contribution in [0.5, 0.6) is 0 Å². The van der Waals surface area contributed by atoms with Gasteiger partial charge in [-0.05, 0) is 18.2 Å². The van der Waals surface area contributed by atoms with E-state index < -0.39 is 11.7 Å². The van der Waals surface area contributed by atoms with E-state index in [9.17, 15) is 13.2 Å². The van der Waals surface area contributed by atoms with Crippen molar-refractivity contribution in [1.82, 2.24) is 9.55 Å². The molecule has 2 aromatic rings. The van der Waals surface area contributed by atoms with Crippen LogP contribution in [0, 0.1) is 0 Å². The van der Waals surface area contributed by atoms with Gasteiger partial charge in [-0.2, -0.15) is 13.2 Å². The Morgan fingerprint density at radius 1 is 1.40 bits per heavy atom. The van der Waals surface area contributed by atoms with Crippen molar-refractivity contribution in [2.24, 2.45) is 0 Å². The van der Waals surface area contributed by atoms with E-state index in [1.54, 1.807) is 6.08 Å². The summed E-state index contributed by atoms with van der Waals surface area (Å²) < 4.78 is 40.5. The zero-order valence-corrected chi connectivity index (χ0v) is 11.0. The average molecular weight is 302 g/mol. The first-order valence-electron chi connectivity index (χ1n) is 5.68. The molecule has 2 rings (SSSR count). The van der Waals surface area contributed by atoms with Gasteiger partial charge >= 0.3 is 6.18 Å². The summed E-state index contributed by atoms with van der Waals surface area (Å²) in [6, 6.07) is 3.61. The lowest BCUT2D eigenvalue weighted by molar-refractivity contribution is -0.137. The molecule has 7 heteroatoms. The summed E-state index contributed by atoms with van der Waals surface area (Å²) >= 11 is 5.65. The summed E-state index contributed by atoms with van der Waals surface area (Å²) in [6.45, 7) is 3.93. The fourth-order valence-electron chi connectivity index (χ4n) is 1.74. The number of anilines is 1. The number of rotatable bonds is 4. The van der Waals surface area contributed by atoms with Crippen molar-refractivity contribution in [1.29, 1.82) is 0 Å². The number of hydrogen-bond acceptors (Lipinski definition) is 2. The summed E-state index contributed by atoms with van der Waals surface area (Å²) in [5.41, 5.74) is -0.851. The number of imidazole rings is 1. The first-order valence-corrected chi connectivity index (χ1v) is 6.06. The highest BCUT2D eigenvalue weighted by molar-refractivity contribution is 6.30. The van der Waals surface area contributed by atoms with Crippen molar-refractivity contribution in [3.8, 4) is 5.69 Å². The SMILES string of the molecule is C=CCNc1nccn1-c1ccc(Cl)cc1C(F)(F)F. The molecule has 0 fully saturated rings.